The van der Waals surface area contributed by atoms with Gasteiger partial charge in [-0.15, -0.1) is 0 Å². The van der Waals surface area contributed by atoms with E-state index in [1.54, 1.807) is 4.68 Å². The third kappa shape index (κ3) is 2.53. The summed E-state index contributed by atoms with van der Waals surface area (Å²) in [7, 11) is 1.87. The lowest BCUT2D eigenvalue weighted by atomic mass is 10.1. The molecular weight excluding hydrogens is 276 g/mol. The van der Waals surface area contributed by atoms with Gasteiger partial charge in [-0.1, -0.05) is 6.07 Å². The molecule has 5 heteroatoms. The number of amides is 1. The van der Waals surface area contributed by atoms with E-state index in [2.05, 4.69) is 10.4 Å². The SMILES string of the molecule is Cc1nn(C)c(C)c1NC(=O)c1cccc(-n2cccc2)c1. The normalized spacial score (nSPS) is 10.7. The lowest BCUT2D eigenvalue weighted by molar-refractivity contribution is 0.102. The van der Waals surface area contributed by atoms with Crippen molar-refractivity contribution >= 4 is 11.6 Å². The molecular formula is C17H18N4O. The first-order valence-corrected chi connectivity index (χ1v) is 7.11. The number of nitrogens with one attached hydrogen (secondary N) is 1. The van der Waals surface area contributed by atoms with Gasteiger partial charge in [0.2, 0.25) is 0 Å². The van der Waals surface area contributed by atoms with Gasteiger partial charge in [0.1, 0.15) is 0 Å². The van der Waals surface area contributed by atoms with Crippen LogP contribution in [-0.4, -0.2) is 20.3 Å². The number of carbonyl (C=O) groups excluding carboxylic acids is 1. The van der Waals surface area contributed by atoms with Gasteiger partial charge in [0.25, 0.3) is 5.91 Å². The molecule has 22 heavy (non-hydrogen) atoms. The predicted molar refractivity (Wildman–Crippen MR) is 86.4 cm³/mol. The molecule has 0 fully saturated rings. The maximum absolute atomic E-state index is 12.5. The van der Waals surface area contributed by atoms with Crippen molar-refractivity contribution in [3.8, 4) is 5.69 Å². The predicted octanol–water partition coefficient (Wildman–Crippen LogP) is 3.08. The van der Waals surface area contributed by atoms with E-state index in [1.807, 2.05) is 74.3 Å². The summed E-state index contributed by atoms with van der Waals surface area (Å²) in [5, 5.41) is 7.27. The first kappa shape index (κ1) is 14.1. The molecule has 3 aromatic rings. The second kappa shape index (κ2) is 5.52. The smallest absolute Gasteiger partial charge is 0.255 e. The van der Waals surface area contributed by atoms with Gasteiger partial charge in [-0.3, -0.25) is 9.48 Å². The van der Waals surface area contributed by atoms with Crippen LogP contribution in [0, 0.1) is 13.8 Å². The van der Waals surface area contributed by atoms with E-state index >= 15 is 0 Å². The van der Waals surface area contributed by atoms with E-state index in [9.17, 15) is 4.79 Å². The zero-order valence-corrected chi connectivity index (χ0v) is 12.9. The van der Waals surface area contributed by atoms with Crippen molar-refractivity contribution in [2.75, 3.05) is 5.32 Å². The Hall–Kier alpha value is -2.82. The van der Waals surface area contributed by atoms with E-state index in [0.717, 1.165) is 22.8 Å². The summed E-state index contributed by atoms with van der Waals surface area (Å²) in [4.78, 5) is 12.5. The van der Waals surface area contributed by atoms with Crippen LogP contribution in [0.25, 0.3) is 5.69 Å². The molecule has 0 unspecified atom stereocenters. The molecule has 5 nitrogen and oxygen atoms in total. The number of benzene rings is 1. The molecule has 2 aromatic heterocycles. The summed E-state index contributed by atoms with van der Waals surface area (Å²) < 4.78 is 3.73. The minimum absolute atomic E-state index is 0.131. The monoisotopic (exact) mass is 294 g/mol. The Bertz CT molecular complexity index is 815. The molecule has 2 heterocycles. The minimum atomic E-state index is -0.131. The summed E-state index contributed by atoms with van der Waals surface area (Å²) in [6.07, 6.45) is 3.90. The van der Waals surface area contributed by atoms with Crippen LogP contribution in [0.4, 0.5) is 5.69 Å². The Morgan fingerprint density at radius 2 is 1.86 bits per heavy atom. The Morgan fingerprint density at radius 3 is 2.50 bits per heavy atom. The van der Waals surface area contributed by atoms with Gasteiger partial charge in [-0.25, -0.2) is 0 Å². The molecule has 0 saturated carbocycles. The molecule has 0 aliphatic carbocycles. The molecule has 0 radical (unpaired) electrons. The maximum atomic E-state index is 12.5. The van der Waals surface area contributed by atoms with Crippen LogP contribution >= 0.6 is 0 Å². The second-order valence-electron chi connectivity index (χ2n) is 5.26. The largest absolute Gasteiger partial charge is 0.324 e. The van der Waals surface area contributed by atoms with Crippen LogP contribution in [0.15, 0.2) is 48.8 Å². The molecule has 1 aromatic carbocycles. The van der Waals surface area contributed by atoms with Crippen molar-refractivity contribution in [2.45, 2.75) is 13.8 Å². The van der Waals surface area contributed by atoms with Crippen molar-refractivity contribution < 1.29 is 4.79 Å². The van der Waals surface area contributed by atoms with Crippen LogP contribution in [0.5, 0.6) is 0 Å². The first-order valence-electron chi connectivity index (χ1n) is 7.11. The summed E-state index contributed by atoms with van der Waals surface area (Å²) in [5.74, 6) is -0.131. The zero-order valence-electron chi connectivity index (χ0n) is 12.9. The van der Waals surface area contributed by atoms with Gasteiger partial charge in [0.05, 0.1) is 17.1 Å². The highest BCUT2D eigenvalue weighted by molar-refractivity contribution is 6.05. The van der Waals surface area contributed by atoms with Gasteiger partial charge in [0, 0.05) is 30.7 Å². The van der Waals surface area contributed by atoms with E-state index < -0.39 is 0 Å². The number of aromatic nitrogens is 3. The van der Waals surface area contributed by atoms with Crippen LogP contribution in [-0.2, 0) is 7.05 Å². The highest BCUT2D eigenvalue weighted by Crippen LogP contribution is 2.20. The van der Waals surface area contributed by atoms with Crippen molar-refractivity contribution in [1.29, 1.82) is 0 Å². The minimum Gasteiger partial charge on any atom is -0.324 e. The van der Waals surface area contributed by atoms with Gasteiger partial charge < -0.3 is 9.88 Å². The fraction of sp³-hybridized carbons (Fsp3) is 0.176. The highest BCUT2D eigenvalue weighted by atomic mass is 16.1. The lowest BCUT2D eigenvalue weighted by Gasteiger charge is -2.08. The number of carbonyl (C=O) groups is 1. The van der Waals surface area contributed by atoms with Gasteiger partial charge >= 0.3 is 0 Å². The van der Waals surface area contributed by atoms with Crippen molar-refractivity contribution in [3.05, 3.63) is 65.7 Å². The molecule has 1 N–H and O–H groups in total. The molecule has 0 saturated heterocycles. The van der Waals surface area contributed by atoms with Crippen LogP contribution < -0.4 is 5.32 Å². The summed E-state index contributed by atoms with van der Waals surface area (Å²) in [5.41, 5.74) is 4.10. The van der Waals surface area contributed by atoms with Gasteiger partial charge in [-0.2, -0.15) is 5.10 Å². The average molecular weight is 294 g/mol. The molecule has 0 atom stereocenters. The molecule has 3 rings (SSSR count). The van der Waals surface area contributed by atoms with Crippen LogP contribution in [0.2, 0.25) is 0 Å². The van der Waals surface area contributed by atoms with Gasteiger partial charge in [0.15, 0.2) is 0 Å². The Balaban J connectivity index is 1.88. The number of rotatable bonds is 3. The lowest BCUT2D eigenvalue weighted by Crippen LogP contribution is -2.13. The average Bonchev–Trinajstić information content (AvgIpc) is 3.12. The first-order chi connectivity index (χ1) is 10.6. The number of nitrogens with zero attached hydrogens (tertiary/aromatic N) is 3. The Morgan fingerprint density at radius 1 is 1.14 bits per heavy atom. The van der Waals surface area contributed by atoms with E-state index in [4.69, 9.17) is 0 Å². The van der Waals surface area contributed by atoms with Crippen molar-refractivity contribution in [1.82, 2.24) is 14.3 Å². The molecule has 112 valence electrons. The summed E-state index contributed by atoms with van der Waals surface area (Å²) >= 11 is 0. The number of anilines is 1. The summed E-state index contributed by atoms with van der Waals surface area (Å²) in [6, 6.07) is 11.4. The Labute approximate surface area is 129 Å². The van der Waals surface area contributed by atoms with Gasteiger partial charge in [-0.05, 0) is 44.2 Å². The zero-order chi connectivity index (χ0) is 15.7. The van der Waals surface area contributed by atoms with E-state index in [-0.39, 0.29) is 5.91 Å². The van der Waals surface area contributed by atoms with E-state index in [1.165, 1.54) is 0 Å². The van der Waals surface area contributed by atoms with Crippen LogP contribution in [0.3, 0.4) is 0 Å². The number of hydrogen-bond donors (Lipinski definition) is 1. The number of aryl methyl sites for hydroxylation is 2. The quantitative estimate of drug-likeness (QED) is 0.807. The maximum Gasteiger partial charge on any atom is 0.255 e. The fourth-order valence-electron chi connectivity index (χ4n) is 2.45. The molecule has 0 aliphatic heterocycles. The number of hydrogen-bond acceptors (Lipinski definition) is 2. The molecule has 0 aliphatic rings. The van der Waals surface area contributed by atoms with Crippen LogP contribution in [0.1, 0.15) is 21.7 Å². The molecule has 1 amide bonds. The summed E-state index contributed by atoms with van der Waals surface area (Å²) in [6.45, 7) is 3.82. The highest BCUT2D eigenvalue weighted by Gasteiger charge is 2.14. The third-order valence-electron chi connectivity index (χ3n) is 3.76. The van der Waals surface area contributed by atoms with E-state index in [0.29, 0.717) is 5.56 Å². The van der Waals surface area contributed by atoms with Crippen molar-refractivity contribution in [3.63, 3.8) is 0 Å². The Kier molecular flexibility index (Phi) is 3.55. The molecule has 0 bridgehead atoms. The second-order valence-corrected chi connectivity index (χ2v) is 5.26. The third-order valence-corrected chi connectivity index (χ3v) is 3.76. The fourth-order valence-corrected chi connectivity index (χ4v) is 2.45. The van der Waals surface area contributed by atoms with Crippen molar-refractivity contribution in [2.24, 2.45) is 7.05 Å². The molecule has 0 spiro atoms. The standard InChI is InChI=1S/C17H18N4O/c1-12-16(13(2)20(3)19-12)18-17(22)14-7-6-8-15(11-14)21-9-4-5-10-21/h4-11H,1-3H3,(H,18,22). The topological polar surface area (TPSA) is 51.9 Å².